The number of anilines is 1. The highest BCUT2D eigenvalue weighted by molar-refractivity contribution is 5.95. The van der Waals surface area contributed by atoms with E-state index in [4.69, 9.17) is 4.98 Å². The van der Waals surface area contributed by atoms with Crippen molar-refractivity contribution in [3.63, 3.8) is 0 Å². The third kappa shape index (κ3) is 3.63. The summed E-state index contributed by atoms with van der Waals surface area (Å²) < 4.78 is 1.77. The Bertz CT molecular complexity index is 1210. The number of hydrogen-bond donors (Lipinski definition) is 2. The quantitative estimate of drug-likeness (QED) is 0.545. The van der Waals surface area contributed by atoms with Crippen LogP contribution in [-0.2, 0) is 4.79 Å². The van der Waals surface area contributed by atoms with Crippen molar-refractivity contribution >= 4 is 17.2 Å². The van der Waals surface area contributed by atoms with Crippen LogP contribution >= 0.6 is 0 Å². The molecule has 0 saturated carbocycles. The standard InChI is InChI=1S/C22H24N6O/c1-13-6-7-15(10-18(13)25-21(29)22(3,4)5)19-12-28-20(24-19)9-8-17(27-28)16-11-23-26-14(16)2/h6-12H,1-5H3,(H,23,26)(H,25,29). The molecule has 0 aliphatic rings. The van der Waals surface area contributed by atoms with Crippen LogP contribution in [0.15, 0.2) is 42.7 Å². The SMILES string of the molecule is Cc1ccc(-c2cn3nc(-c4c[nH]nc4C)ccc3n2)cc1NC(=O)C(C)(C)C. The van der Waals surface area contributed by atoms with Crippen LogP contribution in [0.3, 0.4) is 0 Å². The first-order valence-electron chi connectivity index (χ1n) is 9.52. The van der Waals surface area contributed by atoms with E-state index in [2.05, 4.69) is 20.6 Å². The second-order valence-electron chi connectivity index (χ2n) is 8.27. The van der Waals surface area contributed by atoms with Gasteiger partial charge < -0.3 is 5.32 Å². The summed E-state index contributed by atoms with van der Waals surface area (Å²) in [4.78, 5) is 17.1. The number of nitrogens with one attached hydrogen (secondary N) is 2. The Hall–Kier alpha value is -3.48. The normalized spacial score (nSPS) is 11.8. The number of carbonyl (C=O) groups excluding carboxylic acids is 1. The van der Waals surface area contributed by atoms with Crippen LogP contribution < -0.4 is 5.32 Å². The van der Waals surface area contributed by atoms with Crippen LogP contribution in [0.2, 0.25) is 0 Å². The van der Waals surface area contributed by atoms with Gasteiger partial charge in [-0.25, -0.2) is 9.50 Å². The maximum atomic E-state index is 12.4. The zero-order chi connectivity index (χ0) is 20.8. The number of benzene rings is 1. The van der Waals surface area contributed by atoms with Gasteiger partial charge in [0.15, 0.2) is 5.65 Å². The lowest BCUT2D eigenvalue weighted by atomic mass is 9.95. The van der Waals surface area contributed by atoms with Crippen molar-refractivity contribution in [2.45, 2.75) is 34.6 Å². The highest BCUT2D eigenvalue weighted by atomic mass is 16.2. The van der Waals surface area contributed by atoms with Gasteiger partial charge in [0.05, 0.1) is 23.3 Å². The molecule has 7 nitrogen and oxygen atoms in total. The number of H-pyrrole nitrogens is 1. The van der Waals surface area contributed by atoms with Crippen molar-refractivity contribution < 1.29 is 4.79 Å². The molecule has 0 spiro atoms. The molecule has 0 aliphatic heterocycles. The fourth-order valence-corrected chi connectivity index (χ4v) is 3.01. The Morgan fingerprint density at radius 1 is 1.10 bits per heavy atom. The third-order valence-electron chi connectivity index (χ3n) is 4.89. The summed E-state index contributed by atoms with van der Waals surface area (Å²) in [7, 11) is 0. The van der Waals surface area contributed by atoms with Crippen LogP contribution in [0.5, 0.6) is 0 Å². The monoisotopic (exact) mass is 388 g/mol. The Labute approximate surface area is 169 Å². The molecule has 1 amide bonds. The molecule has 3 heterocycles. The van der Waals surface area contributed by atoms with E-state index in [-0.39, 0.29) is 5.91 Å². The number of amides is 1. The summed E-state index contributed by atoms with van der Waals surface area (Å²) in [6, 6.07) is 9.83. The van der Waals surface area contributed by atoms with Crippen molar-refractivity contribution in [3.8, 4) is 22.5 Å². The first kappa shape index (κ1) is 18.9. The summed E-state index contributed by atoms with van der Waals surface area (Å²) in [6.07, 6.45) is 3.74. The smallest absolute Gasteiger partial charge is 0.229 e. The van der Waals surface area contributed by atoms with E-state index in [1.165, 1.54) is 0 Å². The van der Waals surface area contributed by atoms with Crippen LogP contribution in [0.1, 0.15) is 32.0 Å². The lowest BCUT2D eigenvalue weighted by Crippen LogP contribution is -2.27. The minimum atomic E-state index is -0.461. The minimum absolute atomic E-state index is 0.0189. The predicted molar refractivity (Wildman–Crippen MR) is 114 cm³/mol. The number of nitrogens with zero attached hydrogens (tertiary/aromatic N) is 4. The molecule has 0 fully saturated rings. The Balaban J connectivity index is 1.70. The van der Waals surface area contributed by atoms with E-state index in [0.717, 1.165) is 45.1 Å². The zero-order valence-corrected chi connectivity index (χ0v) is 17.2. The average molecular weight is 388 g/mol. The van der Waals surface area contributed by atoms with E-state index in [1.54, 1.807) is 4.52 Å². The maximum Gasteiger partial charge on any atom is 0.229 e. The summed E-state index contributed by atoms with van der Waals surface area (Å²) >= 11 is 0. The largest absolute Gasteiger partial charge is 0.325 e. The first-order valence-corrected chi connectivity index (χ1v) is 9.52. The number of aromatic amines is 1. The van der Waals surface area contributed by atoms with Crippen molar-refractivity contribution in [1.29, 1.82) is 0 Å². The number of hydrogen-bond acceptors (Lipinski definition) is 4. The van der Waals surface area contributed by atoms with Gasteiger partial charge in [0, 0.05) is 28.4 Å². The van der Waals surface area contributed by atoms with Crippen LogP contribution in [0.4, 0.5) is 5.69 Å². The fraction of sp³-hybridized carbons (Fsp3) is 0.273. The molecular weight excluding hydrogens is 364 g/mol. The molecule has 0 aliphatic carbocycles. The highest BCUT2D eigenvalue weighted by Gasteiger charge is 2.22. The Morgan fingerprint density at radius 3 is 2.59 bits per heavy atom. The molecule has 4 aromatic rings. The predicted octanol–water partition coefficient (Wildman–Crippen LogP) is 4.39. The van der Waals surface area contributed by atoms with Crippen molar-refractivity contribution in [2.24, 2.45) is 5.41 Å². The molecule has 2 N–H and O–H groups in total. The Kier molecular flexibility index (Phi) is 4.45. The van der Waals surface area contributed by atoms with Gasteiger partial charge in [0.2, 0.25) is 5.91 Å². The summed E-state index contributed by atoms with van der Waals surface area (Å²) in [5.74, 6) is -0.0189. The molecule has 0 bridgehead atoms. The van der Waals surface area contributed by atoms with Gasteiger partial charge in [-0.1, -0.05) is 32.9 Å². The van der Waals surface area contributed by atoms with Crippen LogP contribution in [0, 0.1) is 19.3 Å². The molecule has 148 valence electrons. The number of imidazole rings is 1. The van der Waals surface area contributed by atoms with Crippen LogP contribution in [-0.4, -0.2) is 30.7 Å². The fourth-order valence-electron chi connectivity index (χ4n) is 3.01. The van der Waals surface area contributed by atoms with Gasteiger partial charge in [0.1, 0.15) is 0 Å². The van der Waals surface area contributed by atoms with Gasteiger partial charge in [-0.15, -0.1) is 0 Å². The topological polar surface area (TPSA) is 88.0 Å². The minimum Gasteiger partial charge on any atom is -0.325 e. The molecule has 0 atom stereocenters. The maximum absolute atomic E-state index is 12.4. The van der Waals surface area contributed by atoms with E-state index in [9.17, 15) is 4.79 Å². The summed E-state index contributed by atoms with van der Waals surface area (Å²) in [5.41, 5.74) is 6.50. The molecular formula is C22H24N6O. The number of fused-ring (bicyclic) bond motifs is 1. The van der Waals surface area contributed by atoms with Gasteiger partial charge in [0.25, 0.3) is 0 Å². The number of aryl methyl sites for hydroxylation is 2. The number of rotatable bonds is 3. The van der Waals surface area contributed by atoms with E-state index >= 15 is 0 Å². The molecule has 7 heteroatoms. The van der Waals surface area contributed by atoms with Gasteiger partial charge in [-0.05, 0) is 37.6 Å². The van der Waals surface area contributed by atoms with E-state index < -0.39 is 5.41 Å². The summed E-state index contributed by atoms with van der Waals surface area (Å²) in [5, 5.41) is 14.7. The van der Waals surface area contributed by atoms with Gasteiger partial charge in [-0.3, -0.25) is 9.89 Å². The lowest BCUT2D eigenvalue weighted by molar-refractivity contribution is -0.123. The molecule has 1 aromatic carbocycles. The van der Waals surface area contributed by atoms with Crippen molar-refractivity contribution in [2.75, 3.05) is 5.32 Å². The number of aromatic nitrogens is 5. The molecule has 3 aromatic heterocycles. The average Bonchev–Trinajstić information content (AvgIpc) is 3.27. The Morgan fingerprint density at radius 2 is 1.90 bits per heavy atom. The third-order valence-corrected chi connectivity index (χ3v) is 4.89. The molecule has 0 unspecified atom stereocenters. The van der Waals surface area contributed by atoms with E-state index in [1.807, 2.05) is 77.3 Å². The molecule has 29 heavy (non-hydrogen) atoms. The second kappa shape index (κ2) is 6.84. The molecule has 0 radical (unpaired) electrons. The second-order valence-corrected chi connectivity index (χ2v) is 8.27. The van der Waals surface area contributed by atoms with E-state index in [0.29, 0.717) is 0 Å². The zero-order valence-electron chi connectivity index (χ0n) is 17.2. The first-order chi connectivity index (χ1) is 13.7. The number of carbonyl (C=O) groups is 1. The molecule has 0 saturated heterocycles. The summed E-state index contributed by atoms with van der Waals surface area (Å²) in [6.45, 7) is 9.61. The molecule has 4 rings (SSSR count). The van der Waals surface area contributed by atoms with Crippen molar-refractivity contribution in [1.82, 2.24) is 24.8 Å². The lowest BCUT2D eigenvalue weighted by Gasteiger charge is -2.19. The van der Waals surface area contributed by atoms with Crippen molar-refractivity contribution in [3.05, 3.63) is 54.0 Å². The highest BCUT2D eigenvalue weighted by Crippen LogP contribution is 2.27. The van der Waals surface area contributed by atoms with Gasteiger partial charge in [-0.2, -0.15) is 10.2 Å². The van der Waals surface area contributed by atoms with Gasteiger partial charge >= 0.3 is 0 Å². The van der Waals surface area contributed by atoms with Crippen LogP contribution in [0.25, 0.3) is 28.2 Å².